The third-order valence-corrected chi connectivity index (χ3v) is 12.7. The second-order valence-corrected chi connectivity index (χ2v) is 15.8. The topological polar surface area (TPSA) is 96.8 Å². The lowest BCUT2D eigenvalue weighted by Gasteiger charge is -2.58. The lowest BCUT2D eigenvalue weighted by molar-refractivity contribution is -0.288. The maximum Gasteiger partial charge on any atom is 0.338 e. The van der Waals surface area contributed by atoms with Gasteiger partial charge in [0.15, 0.2) is 5.75 Å². The van der Waals surface area contributed by atoms with Gasteiger partial charge in [-0.3, -0.25) is 0 Å². The van der Waals surface area contributed by atoms with Crippen molar-refractivity contribution >= 4 is 17.3 Å². The average molecular weight is 617 g/mol. The molecular formula is C39H56N2O4. The summed E-state index contributed by atoms with van der Waals surface area (Å²) in [5.41, 5.74) is 14.1. The molecule has 10 atom stereocenters. The molecule has 0 saturated heterocycles. The SMILES string of the molecule is CC(C)CCCC(C)C1CCC2C3CC(OOc4ccc(N)cc4)C4CC(OC(=O)c5ccc(N)cc5)CCC4C3CCC12C. The summed E-state index contributed by atoms with van der Waals surface area (Å²) < 4.78 is 6.11. The molecule has 4 fully saturated rings. The van der Waals surface area contributed by atoms with Gasteiger partial charge >= 0.3 is 5.97 Å². The first-order valence-electron chi connectivity index (χ1n) is 17.9. The Morgan fingerprint density at radius 1 is 0.822 bits per heavy atom. The normalized spacial score (nSPS) is 34.8. The number of nitrogen functional groups attached to an aromatic ring is 2. The predicted octanol–water partition coefficient (Wildman–Crippen LogP) is 9.10. The number of anilines is 2. The molecule has 0 radical (unpaired) electrons. The molecule has 4 aliphatic carbocycles. The van der Waals surface area contributed by atoms with Crippen LogP contribution in [0.25, 0.3) is 0 Å². The highest BCUT2D eigenvalue weighted by Gasteiger charge is 2.59. The van der Waals surface area contributed by atoms with Crippen molar-refractivity contribution in [2.45, 2.75) is 111 Å². The first kappa shape index (κ1) is 32.2. The molecule has 10 unspecified atom stereocenters. The van der Waals surface area contributed by atoms with Crippen LogP contribution < -0.4 is 16.4 Å². The number of esters is 1. The van der Waals surface area contributed by atoms with Crippen molar-refractivity contribution in [1.29, 1.82) is 0 Å². The van der Waals surface area contributed by atoms with Crippen LogP contribution in [0.2, 0.25) is 0 Å². The molecule has 0 spiro atoms. The number of fused-ring (bicyclic) bond motifs is 5. The van der Waals surface area contributed by atoms with Crippen LogP contribution in [0.15, 0.2) is 48.5 Å². The van der Waals surface area contributed by atoms with Crippen LogP contribution in [0.3, 0.4) is 0 Å². The highest BCUT2D eigenvalue weighted by atomic mass is 17.2. The summed E-state index contributed by atoms with van der Waals surface area (Å²) >= 11 is 0. The highest BCUT2D eigenvalue weighted by molar-refractivity contribution is 5.89. The number of ether oxygens (including phenoxy) is 1. The monoisotopic (exact) mass is 616 g/mol. The lowest BCUT2D eigenvalue weighted by Crippen LogP contribution is -2.54. The summed E-state index contributed by atoms with van der Waals surface area (Å²) in [7, 11) is 0. The van der Waals surface area contributed by atoms with Gasteiger partial charge in [0, 0.05) is 11.4 Å². The molecule has 4 N–H and O–H groups in total. The minimum absolute atomic E-state index is 0.0308. The molecule has 0 amide bonds. The van der Waals surface area contributed by atoms with E-state index in [-0.39, 0.29) is 18.2 Å². The number of hydrogen-bond acceptors (Lipinski definition) is 6. The van der Waals surface area contributed by atoms with Crippen LogP contribution in [-0.4, -0.2) is 18.2 Å². The van der Waals surface area contributed by atoms with Crippen molar-refractivity contribution < 1.29 is 19.3 Å². The van der Waals surface area contributed by atoms with Crippen LogP contribution in [0.4, 0.5) is 11.4 Å². The first-order chi connectivity index (χ1) is 21.6. The smallest absolute Gasteiger partial charge is 0.338 e. The van der Waals surface area contributed by atoms with Crippen molar-refractivity contribution in [3.05, 3.63) is 54.1 Å². The molecule has 4 aliphatic rings. The minimum atomic E-state index is -0.268. The van der Waals surface area contributed by atoms with E-state index in [9.17, 15) is 4.79 Å². The number of carbonyl (C=O) groups excluding carboxylic acids is 1. The van der Waals surface area contributed by atoms with Crippen molar-refractivity contribution in [1.82, 2.24) is 0 Å². The Kier molecular flexibility index (Phi) is 9.70. The van der Waals surface area contributed by atoms with Crippen molar-refractivity contribution in [3.8, 4) is 5.75 Å². The van der Waals surface area contributed by atoms with Gasteiger partial charge < -0.3 is 21.1 Å². The second kappa shape index (κ2) is 13.6. The highest BCUT2D eigenvalue weighted by Crippen LogP contribution is 2.66. The molecular weight excluding hydrogens is 560 g/mol. The zero-order valence-corrected chi connectivity index (χ0v) is 28.0. The quantitative estimate of drug-likeness (QED) is 0.120. The molecule has 4 saturated carbocycles. The Morgan fingerprint density at radius 2 is 1.51 bits per heavy atom. The Hall–Kier alpha value is -2.73. The van der Waals surface area contributed by atoms with Crippen LogP contribution in [0.5, 0.6) is 5.75 Å². The van der Waals surface area contributed by atoms with E-state index >= 15 is 0 Å². The molecule has 6 nitrogen and oxygen atoms in total. The molecule has 2 aromatic carbocycles. The summed E-state index contributed by atoms with van der Waals surface area (Å²) in [5, 5.41) is 0. The van der Waals surface area contributed by atoms with Gasteiger partial charge in [-0.25, -0.2) is 4.79 Å². The Balaban J connectivity index is 1.18. The van der Waals surface area contributed by atoms with Crippen LogP contribution in [0.1, 0.15) is 109 Å². The van der Waals surface area contributed by atoms with Gasteiger partial charge in [-0.2, -0.15) is 4.89 Å². The minimum Gasteiger partial charge on any atom is -0.459 e. The lowest BCUT2D eigenvalue weighted by atomic mass is 9.48. The second-order valence-electron chi connectivity index (χ2n) is 15.8. The summed E-state index contributed by atoms with van der Waals surface area (Å²) in [6.07, 6.45) is 13.1. The van der Waals surface area contributed by atoms with Crippen molar-refractivity contribution in [2.75, 3.05) is 11.5 Å². The summed E-state index contributed by atoms with van der Waals surface area (Å²) in [5.74, 6) is 5.81. The van der Waals surface area contributed by atoms with Crippen LogP contribution >= 0.6 is 0 Å². The van der Waals surface area contributed by atoms with Gasteiger partial charge in [0.25, 0.3) is 0 Å². The van der Waals surface area contributed by atoms with Gasteiger partial charge in [0.1, 0.15) is 12.2 Å². The molecule has 45 heavy (non-hydrogen) atoms. The van der Waals surface area contributed by atoms with Gasteiger partial charge in [0.05, 0.1) is 5.56 Å². The Labute approximate surface area is 270 Å². The molecule has 0 heterocycles. The molecule has 6 rings (SSSR count). The van der Waals surface area contributed by atoms with Gasteiger partial charge in [-0.1, -0.05) is 47.0 Å². The summed E-state index contributed by atoms with van der Waals surface area (Å²) in [4.78, 5) is 25.5. The molecule has 0 aliphatic heterocycles. The fraction of sp³-hybridized carbons (Fsp3) is 0.667. The zero-order valence-electron chi connectivity index (χ0n) is 28.0. The molecule has 246 valence electrons. The average Bonchev–Trinajstić information content (AvgIpc) is 3.38. The van der Waals surface area contributed by atoms with E-state index in [0.29, 0.717) is 51.8 Å². The predicted molar refractivity (Wildman–Crippen MR) is 180 cm³/mol. The number of hydrogen-bond donors (Lipinski definition) is 2. The van der Waals surface area contributed by atoms with E-state index in [0.717, 1.165) is 49.4 Å². The molecule has 2 aromatic rings. The Morgan fingerprint density at radius 3 is 2.22 bits per heavy atom. The van der Waals surface area contributed by atoms with E-state index in [4.69, 9.17) is 26.0 Å². The largest absolute Gasteiger partial charge is 0.459 e. The fourth-order valence-corrected chi connectivity index (χ4v) is 10.5. The van der Waals surface area contributed by atoms with Gasteiger partial charge in [0.2, 0.25) is 0 Å². The van der Waals surface area contributed by atoms with Crippen LogP contribution in [0, 0.1) is 52.8 Å². The van der Waals surface area contributed by atoms with Gasteiger partial charge in [-0.15, -0.1) is 0 Å². The summed E-state index contributed by atoms with van der Waals surface area (Å²) in [6.45, 7) is 9.88. The van der Waals surface area contributed by atoms with Gasteiger partial charge in [-0.05, 0) is 153 Å². The third-order valence-electron chi connectivity index (χ3n) is 12.7. The third kappa shape index (κ3) is 6.87. The number of nitrogens with two attached hydrogens (primary N) is 2. The standard InChI is InChI=1S/C39H56N2O4/c1-24(2)6-5-7-25(3)35-18-19-36-33-23-37(45-44-29-14-12-28(41)13-15-29)34-22-30(43-38(42)26-8-10-27(40)11-9-26)16-17-31(34)32(33)20-21-39(35,36)4/h8-15,24-25,30-37H,5-7,16-23,40-41H2,1-4H3. The van der Waals surface area contributed by atoms with E-state index in [1.165, 1.54) is 44.9 Å². The van der Waals surface area contributed by atoms with Crippen molar-refractivity contribution in [3.63, 3.8) is 0 Å². The van der Waals surface area contributed by atoms with E-state index < -0.39 is 0 Å². The summed E-state index contributed by atoms with van der Waals surface area (Å²) in [6, 6.07) is 14.4. The van der Waals surface area contributed by atoms with E-state index in [1.54, 1.807) is 24.3 Å². The number of carbonyl (C=O) groups is 1. The molecule has 0 bridgehead atoms. The Bertz CT molecular complexity index is 1280. The van der Waals surface area contributed by atoms with E-state index in [2.05, 4.69) is 27.7 Å². The van der Waals surface area contributed by atoms with E-state index in [1.807, 2.05) is 24.3 Å². The van der Waals surface area contributed by atoms with Crippen molar-refractivity contribution in [2.24, 2.45) is 52.8 Å². The molecule has 6 heteroatoms. The maximum absolute atomic E-state index is 13.0. The number of benzene rings is 2. The zero-order chi connectivity index (χ0) is 31.7. The maximum atomic E-state index is 13.0. The fourth-order valence-electron chi connectivity index (χ4n) is 10.5. The molecule has 0 aromatic heterocycles. The van der Waals surface area contributed by atoms with Crippen LogP contribution in [-0.2, 0) is 9.62 Å². The number of rotatable bonds is 10. The first-order valence-corrected chi connectivity index (χ1v) is 17.9.